The molecule has 5 nitrogen and oxygen atoms in total. The molecule has 0 amide bonds. The van der Waals surface area contributed by atoms with E-state index in [0.29, 0.717) is 5.02 Å². The van der Waals surface area contributed by atoms with Gasteiger partial charge in [0.15, 0.2) is 0 Å². The largest absolute Gasteiger partial charge is 0.240 e. The number of nitrogens with one attached hydrogen (secondary N) is 1. The molecule has 0 spiro atoms. The number of sulfone groups is 1. The van der Waals surface area contributed by atoms with Gasteiger partial charge < -0.3 is 0 Å². The van der Waals surface area contributed by atoms with Crippen molar-refractivity contribution in [3.63, 3.8) is 0 Å². The van der Waals surface area contributed by atoms with Gasteiger partial charge in [0, 0.05) is 17.8 Å². The number of hydrogen-bond donors (Lipinski definition) is 1. The van der Waals surface area contributed by atoms with Gasteiger partial charge in [-0.1, -0.05) is 11.6 Å². The summed E-state index contributed by atoms with van der Waals surface area (Å²) in [7, 11) is -6.86. The number of sulfonamides is 1. The van der Waals surface area contributed by atoms with Gasteiger partial charge in [0.2, 0.25) is 10.0 Å². The maximum absolute atomic E-state index is 11.7. The summed E-state index contributed by atoms with van der Waals surface area (Å²) in [6.07, 6.45) is 1.05. The highest BCUT2D eigenvalue weighted by Crippen LogP contribution is 2.13. The van der Waals surface area contributed by atoms with Crippen molar-refractivity contribution in [1.29, 1.82) is 0 Å². The zero-order valence-corrected chi connectivity index (χ0v) is 11.4. The van der Waals surface area contributed by atoms with Gasteiger partial charge >= 0.3 is 0 Å². The van der Waals surface area contributed by atoms with E-state index < -0.39 is 19.9 Å². The van der Waals surface area contributed by atoms with E-state index in [4.69, 9.17) is 11.6 Å². The predicted octanol–water partition coefficient (Wildman–Crippen LogP) is 0.663. The average Bonchev–Trinajstić information content (AvgIpc) is 2.15. The fraction of sp³-hybridized carbons (Fsp3) is 0.333. The quantitative estimate of drug-likeness (QED) is 0.866. The molecule has 0 unspecified atom stereocenters. The molecule has 17 heavy (non-hydrogen) atoms. The molecule has 0 bridgehead atoms. The third-order valence-corrected chi connectivity index (χ3v) is 4.56. The van der Waals surface area contributed by atoms with Crippen LogP contribution in [0.15, 0.2) is 29.2 Å². The van der Waals surface area contributed by atoms with Crippen molar-refractivity contribution in [2.24, 2.45) is 0 Å². The lowest BCUT2D eigenvalue weighted by Crippen LogP contribution is -2.28. The van der Waals surface area contributed by atoms with E-state index in [1.54, 1.807) is 0 Å². The van der Waals surface area contributed by atoms with Gasteiger partial charge in [-0.15, -0.1) is 0 Å². The molecule has 0 fully saturated rings. The maximum atomic E-state index is 11.7. The molecule has 0 aliphatic heterocycles. The van der Waals surface area contributed by atoms with Crippen molar-refractivity contribution in [3.05, 3.63) is 29.3 Å². The van der Waals surface area contributed by atoms with Crippen molar-refractivity contribution in [2.45, 2.75) is 4.90 Å². The minimum absolute atomic E-state index is 0.0513. The first kappa shape index (κ1) is 14.4. The minimum Gasteiger partial charge on any atom is -0.229 e. The SMILES string of the molecule is CS(=O)(=O)CCNS(=O)(=O)c1ccc(Cl)cc1. The van der Waals surface area contributed by atoms with Crippen LogP contribution in [0.5, 0.6) is 0 Å². The highest BCUT2D eigenvalue weighted by atomic mass is 35.5. The molecule has 0 saturated carbocycles. The third-order valence-electron chi connectivity index (χ3n) is 1.89. The first-order chi connectivity index (χ1) is 7.71. The molecule has 8 heteroatoms. The van der Waals surface area contributed by atoms with Crippen LogP contribution in [0.4, 0.5) is 0 Å². The lowest BCUT2D eigenvalue weighted by molar-refractivity contribution is 0.582. The maximum Gasteiger partial charge on any atom is 0.240 e. The highest BCUT2D eigenvalue weighted by molar-refractivity contribution is 7.91. The van der Waals surface area contributed by atoms with E-state index in [9.17, 15) is 16.8 Å². The van der Waals surface area contributed by atoms with E-state index in [2.05, 4.69) is 4.72 Å². The fourth-order valence-corrected chi connectivity index (χ4v) is 2.82. The zero-order chi connectivity index (χ0) is 13.1. The van der Waals surface area contributed by atoms with Crippen molar-refractivity contribution in [3.8, 4) is 0 Å². The van der Waals surface area contributed by atoms with E-state index in [1.165, 1.54) is 24.3 Å². The summed E-state index contributed by atoms with van der Waals surface area (Å²) in [5.41, 5.74) is 0. The third kappa shape index (κ3) is 5.03. The summed E-state index contributed by atoms with van der Waals surface area (Å²) in [4.78, 5) is 0.0513. The van der Waals surface area contributed by atoms with Gasteiger partial charge in [-0.3, -0.25) is 0 Å². The van der Waals surface area contributed by atoms with Gasteiger partial charge in [0.05, 0.1) is 10.6 Å². The molecular weight excluding hydrogens is 286 g/mol. The Kier molecular flexibility index (Phi) is 4.54. The molecule has 96 valence electrons. The second kappa shape index (κ2) is 5.34. The molecule has 0 atom stereocenters. The Morgan fingerprint density at radius 2 is 1.65 bits per heavy atom. The molecule has 1 aromatic rings. The molecule has 1 rings (SSSR count). The number of benzene rings is 1. The second-order valence-corrected chi connectivity index (χ2v) is 7.94. The van der Waals surface area contributed by atoms with Crippen molar-refractivity contribution in [2.75, 3.05) is 18.6 Å². The van der Waals surface area contributed by atoms with Gasteiger partial charge in [-0.25, -0.2) is 21.6 Å². The molecule has 1 N–H and O–H groups in total. The Balaban J connectivity index is 2.73. The number of halogens is 1. The van der Waals surface area contributed by atoms with Crippen molar-refractivity contribution >= 4 is 31.5 Å². The highest BCUT2D eigenvalue weighted by Gasteiger charge is 2.14. The van der Waals surface area contributed by atoms with Crippen LogP contribution in [-0.2, 0) is 19.9 Å². The van der Waals surface area contributed by atoms with Gasteiger partial charge in [0.1, 0.15) is 9.84 Å². The van der Waals surface area contributed by atoms with E-state index in [0.717, 1.165) is 6.26 Å². The summed E-state index contributed by atoms with van der Waals surface area (Å²) in [6.45, 7) is -0.149. The standard InChI is InChI=1S/C9H12ClNO4S2/c1-16(12,13)7-6-11-17(14,15)9-4-2-8(10)3-5-9/h2-5,11H,6-7H2,1H3. The molecular formula is C9H12ClNO4S2. The Morgan fingerprint density at radius 3 is 2.12 bits per heavy atom. The van der Waals surface area contributed by atoms with E-state index in [-0.39, 0.29) is 17.2 Å². The summed E-state index contributed by atoms with van der Waals surface area (Å²) in [6, 6.07) is 5.61. The zero-order valence-electron chi connectivity index (χ0n) is 9.05. The van der Waals surface area contributed by atoms with Gasteiger partial charge in [0.25, 0.3) is 0 Å². The van der Waals surface area contributed by atoms with Crippen LogP contribution in [0.3, 0.4) is 0 Å². The molecule has 1 aromatic carbocycles. The Hall–Kier alpha value is -0.630. The van der Waals surface area contributed by atoms with Crippen LogP contribution in [0, 0.1) is 0 Å². The molecule has 0 radical (unpaired) electrons. The van der Waals surface area contributed by atoms with Crippen LogP contribution < -0.4 is 4.72 Å². The minimum atomic E-state index is -3.67. The molecule has 0 heterocycles. The summed E-state index contributed by atoms with van der Waals surface area (Å²) >= 11 is 5.63. The van der Waals surface area contributed by atoms with E-state index >= 15 is 0 Å². The molecule has 0 aliphatic carbocycles. The number of rotatable bonds is 5. The summed E-state index contributed by atoms with van der Waals surface area (Å²) < 4.78 is 47.3. The second-order valence-electron chi connectivity index (χ2n) is 3.48. The van der Waals surface area contributed by atoms with Crippen LogP contribution in [0.1, 0.15) is 0 Å². The summed E-state index contributed by atoms with van der Waals surface area (Å²) in [5.74, 6) is -0.236. The van der Waals surface area contributed by atoms with Crippen LogP contribution >= 0.6 is 11.6 Å². The van der Waals surface area contributed by atoms with Crippen LogP contribution in [0.25, 0.3) is 0 Å². The first-order valence-corrected chi connectivity index (χ1v) is 8.56. The Morgan fingerprint density at radius 1 is 1.12 bits per heavy atom. The topological polar surface area (TPSA) is 80.3 Å². The number of hydrogen-bond acceptors (Lipinski definition) is 4. The summed E-state index contributed by atoms with van der Waals surface area (Å²) in [5, 5.41) is 0.431. The van der Waals surface area contributed by atoms with Gasteiger partial charge in [-0.05, 0) is 24.3 Å². The lowest BCUT2D eigenvalue weighted by Gasteiger charge is -2.05. The molecule has 0 saturated heterocycles. The smallest absolute Gasteiger partial charge is 0.229 e. The monoisotopic (exact) mass is 297 g/mol. The van der Waals surface area contributed by atoms with E-state index in [1.807, 2.05) is 0 Å². The first-order valence-electron chi connectivity index (χ1n) is 4.64. The van der Waals surface area contributed by atoms with Crippen LogP contribution in [0.2, 0.25) is 5.02 Å². The van der Waals surface area contributed by atoms with Gasteiger partial charge in [-0.2, -0.15) is 0 Å². The normalized spacial score (nSPS) is 12.6. The Bertz CT molecular complexity index is 578. The predicted molar refractivity (Wildman–Crippen MR) is 66.4 cm³/mol. The molecule has 0 aromatic heterocycles. The fourth-order valence-electron chi connectivity index (χ4n) is 1.06. The molecule has 0 aliphatic rings. The Labute approximate surface area is 106 Å². The average molecular weight is 298 g/mol. The van der Waals surface area contributed by atoms with Crippen molar-refractivity contribution < 1.29 is 16.8 Å². The lowest BCUT2D eigenvalue weighted by atomic mass is 10.4. The van der Waals surface area contributed by atoms with Crippen molar-refractivity contribution in [1.82, 2.24) is 4.72 Å². The van der Waals surface area contributed by atoms with Crippen LogP contribution in [-0.4, -0.2) is 35.4 Å².